The molecular weight excluding hydrogens is 155 g/mol. The van der Waals surface area contributed by atoms with Gasteiger partial charge in [0.25, 0.3) is 0 Å². The number of nitrogens with zero attached hydrogens (tertiary/aromatic N) is 1. The van der Waals surface area contributed by atoms with Gasteiger partial charge in [0.05, 0.1) is 6.42 Å². The first kappa shape index (κ1) is 10.8. The van der Waals surface area contributed by atoms with E-state index < -0.39 is 12.6 Å². The van der Waals surface area contributed by atoms with Crippen LogP contribution in [0, 0.1) is 0 Å². The number of halogens is 3. The summed E-state index contributed by atoms with van der Waals surface area (Å²) in [7, 11) is 1.69. The van der Waals surface area contributed by atoms with E-state index in [1.807, 2.05) is 13.8 Å². The van der Waals surface area contributed by atoms with Crippen LogP contribution in [0.5, 0.6) is 0 Å². The van der Waals surface area contributed by atoms with Gasteiger partial charge in [-0.25, -0.2) is 0 Å². The molecule has 0 radical (unpaired) electrons. The Labute approximate surface area is 65.2 Å². The summed E-state index contributed by atoms with van der Waals surface area (Å²) >= 11 is 0. The van der Waals surface area contributed by atoms with Crippen molar-refractivity contribution in [3.05, 3.63) is 0 Å². The van der Waals surface area contributed by atoms with Gasteiger partial charge in [0, 0.05) is 12.6 Å². The first-order valence-electron chi connectivity index (χ1n) is 3.60. The Kier molecular flexibility index (Phi) is 3.86. The Morgan fingerprint density at radius 3 is 2.00 bits per heavy atom. The van der Waals surface area contributed by atoms with Crippen molar-refractivity contribution in [2.45, 2.75) is 32.5 Å². The van der Waals surface area contributed by atoms with E-state index in [9.17, 15) is 13.2 Å². The van der Waals surface area contributed by atoms with Crippen LogP contribution in [0.1, 0.15) is 20.3 Å². The fourth-order valence-electron chi connectivity index (χ4n) is 0.561. The van der Waals surface area contributed by atoms with Crippen LogP contribution in [0.2, 0.25) is 0 Å². The van der Waals surface area contributed by atoms with Gasteiger partial charge in [0.1, 0.15) is 0 Å². The van der Waals surface area contributed by atoms with Crippen molar-refractivity contribution in [3.8, 4) is 0 Å². The minimum absolute atomic E-state index is 0.0845. The largest absolute Gasteiger partial charge is 0.390 e. The zero-order chi connectivity index (χ0) is 9.07. The normalized spacial score (nSPS) is 13.1. The van der Waals surface area contributed by atoms with Crippen LogP contribution >= 0.6 is 0 Å². The highest BCUT2D eigenvalue weighted by atomic mass is 19.4. The number of hydrogen-bond donors (Lipinski definition) is 0. The zero-order valence-corrected chi connectivity index (χ0v) is 7.07. The van der Waals surface area contributed by atoms with Gasteiger partial charge < -0.3 is 4.90 Å². The Balaban J connectivity index is 3.54. The minimum atomic E-state index is -4.02. The summed E-state index contributed by atoms with van der Waals surface area (Å²) in [6.07, 6.45) is -4.75. The van der Waals surface area contributed by atoms with Crippen molar-refractivity contribution in [1.29, 1.82) is 0 Å². The Morgan fingerprint density at radius 2 is 1.73 bits per heavy atom. The van der Waals surface area contributed by atoms with Crippen molar-refractivity contribution in [2.75, 3.05) is 13.6 Å². The van der Waals surface area contributed by atoms with Gasteiger partial charge in [0.15, 0.2) is 0 Å². The third-order valence-electron chi connectivity index (χ3n) is 1.63. The van der Waals surface area contributed by atoms with Crippen LogP contribution < -0.4 is 0 Å². The minimum Gasteiger partial charge on any atom is -0.304 e. The van der Waals surface area contributed by atoms with E-state index in [0.29, 0.717) is 0 Å². The summed E-state index contributed by atoms with van der Waals surface area (Å²) in [5.41, 5.74) is 0. The SMILES string of the molecule is CC(C)N(C)CCC(F)(F)F. The molecule has 0 unspecified atom stereocenters. The monoisotopic (exact) mass is 169 g/mol. The van der Waals surface area contributed by atoms with Gasteiger partial charge in [-0.2, -0.15) is 13.2 Å². The molecule has 0 aromatic rings. The zero-order valence-electron chi connectivity index (χ0n) is 7.07. The van der Waals surface area contributed by atoms with E-state index in [2.05, 4.69) is 0 Å². The van der Waals surface area contributed by atoms with E-state index >= 15 is 0 Å². The second kappa shape index (κ2) is 3.95. The standard InChI is InChI=1S/C7H14F3N/c1-6(2)11(3)5-4-7(8,9)10/h6H,4-5H2,1-3H3. The lowest BCUT2D eigenvalue weighted by Gasteiger charge is -2.21. The lowest BCUT2D eigenvalue weighted by atomic mass is 10.3. The summed E-state index contributed by atoms with van der Waals surface area (Å²) < 4.78 is 35.0. The Morgan fingerprint density at radius 1 is 1.27 bits per heavy atom. The highest BCUT2D eigenvalue weighted by molar-refractivity contribution is 4.60. The molecule has 0 aromatic carbocycles. The molecule has 0 fully saturated rings. The van der Waals surface area contributed by atoms with Crippen LogP contribution in [-0.2, 0) is 0 Å². The molecule has 0 aliphatic carbocycles. The molecule has 68 valence electrons. The Hall–Kier alpha value is -0.250. The molecule has 0 N–H and O–H groups in total. The number of rotatable bonds is 3. The maximum absolute atomic E-state index is 11.7. The molecule has 0 heterocycles. The highest BCUT2D eigenvalue weighted by Gasteiger charge is 2.27. The molecule has 0 spiro atoms. The van der Waals surface area contributed by atoms with Crippen molar-refractivity contribution in [1.82, 2.24) is 4.90 Å². The molecule has 0 saturated carbocycles. The van der Waals surface area contributed by atoms with Crippen LogP contribution in [0.3, 0.4) is 0 Å². The molecule has 0 aliphatic rings. The first-order valence-corrected chi connectivity index (χ1v) is 3.60. The van der Waals surface area contributed by atoms with E-state index in [4.69, 9.17) is 0 Å². The van der Waals surface area contributed by atoms with Gasteiger partial charge in [-0.3, -0.25) is 0 Å². The third kappa shape index (κ3) is 6.16. The fourth-order valence-corrected chi connectivity index (χ4v) is 0.561. The van der Waals surface area contributed by atoms with Gasteiger partial charge in [-0.05, 0) is 20.9 Å². The van der Waals surface area contributed by atoms with Crippen LogP contribution in [0.25, 0.3) is 0 Å². The molecule has 4 heteroatoms. The quantitative estimate of drug-likeness (QED) is 0.626. The van der Waals surface area contributed by atoms with Gasteiger partial charge in [-0.15, -0.1) is 0 Å². The van der Waals surface area contributed by atoms with E-state index in [1.165, 1.54) is 0 Å². The first-order chi connectivity index (χ1) is 4.83. The molecule has 1 nitrogen and oxygen atoms in total. The number of alkyl halides is 3. The molecule has 0 aromatic heterocycles. The summed E-state index contributed by atoms with van der Waals surface area (Å²) in [6.45, 7) is 3.83. The van der Waals surface area contributed by atoms with Crippen molar-refractivity contribution in [3.63, 3.8) is 0 Å². The van der Waals surface area contributed by atoms with Gasteiger partial charge >= 0.3 is 6.18 Å². The van der Waals surface area contributed by atoms with Gasteiger partial charge in [-0.1, -0.05) is 0 Å². The number of hydrogen-bond acceptors (Lipinski definition) is 1. The molecule has 0 rings (SSSR count). The average Bonchev–Trinajstić information content (AvgIpc) is 1.80. The lowest BCUT2D eigenvalue weighted by Crippen LogP contribution is -2.30. The summed E-state index contributed by atoms with van der Waals surface area (Å²) in [4.78, 5) is 1.67. The van der Waals surface area contributed by atoms with Crippen LogP contribution in [0.15, 0.2) is 0 Å². The average molecular weight is 169 g/mol. The smallest absolute Gasteiger partial charge is 0.304 e. The summed E-state index contributed by atoms with van der Waals surface area (Å²) in [5.74, 6) is 0. The Bertz CT molecular complexity index is 109. The van der Waals surface area contributed by atoms with E-state index in [0.717, 1.165) is 0 Å². The van der Waals surface area contributed by atoms with Crippen molar-refractivity contribution < 1.29 is 13.2 Å². The molecule has 0 saturated heterocycles. The molecule has 0 bridgehead atoms. The van der Waals surface area contributed by atoms with E-state index in [-0.39, 0.29) is 12.6 Å². The van der Waals surface area contributed by atoms with Gasteiger partial charge in [0.2, 0.25) is 0 Å². The van der Waals surface area contributed by atoms with Crippen LogP contribution in [-0.4, -0.2) is 30.7 Å². The van der Waals surface area contributed by atoms with Crippen molar-refractivity contribution >= 4 is 0 Å². The predicted molar refractivity (Wildman–Crippen MR) is 38.4 cm³/mol. The van der Waals surface area contributed by atoms with Crippen LogP contribution in [0.4, 0.5) is 13.2 Å². The fraction of sp³-hybridized carbons (Fsp3) is 1.00. The highest BCUT2D eigenvalue weighted by Crippen LogP contribution is 2.19. The lowest BCUT2D eigenvalue weighted by molar-refractivity contribution is -0.138. The predicted octanol–water partition coefficient (Wildman–Crippen LogP) is 2.28. The molecule has 0 aliphatic heterocycles. The second-order valence-electron chi connectivity index (χ2n) is 2.94. The van der Waals surface area contributed by atoms with E-state index in [1.54, 1.807) is 11.9 Å². The molecule has 0 amide bonds. The van der Waals surface area contributed by atoms with Crippen molar-refractivity contribution in [2.24, 2.45) is 0 Å². The summed E-state index contributed by atoms with van der Waals surface area (Å²) in [5, 5.41) is 0. The third-order valence-corrected chi connectivity index (χ3v) is 1.63. The molecule has 0 atom stereocenters. The maximum atomic E-state index is 11.7. The topological polar surface area (TPSA) is 3.24 Å². The molecular formula is C7H14F3N. The molecule has 11 heavy (non-hydrogen) atoms. The maximum Gasteiger partial charge on any atom is 0.390 e. The second-order valence-corrected chi connectivity index (χ2v) is 2.94. The summed E-state index contributed by atoms with van der Waals surface area (Å²) in [6, 6.07) is 0.178.